The molecule has 7 heteroatoms. The molecular formula is C16H14F3NO3. The number of phenols is 1. The summed E-state index contributed by atoms with van der Waals surface area (Å²) >= 11 is 0. The third-order valence-corrected chi connectivity index (χ3v) is 3.33. The standard InChI is InChI=1S/C16H14F3NO3/c17-16(18,19)15(23,12-6-2-1-3-7-12)10-20-14(22)11-5-4-8-13(21)9-11/h1-9,21,23H,10H2,(H,20,22)/t15-/m1/s1. The van der Waals surface area contributed by atoms with E-state index < -0.39 is 24.2 Å². The van der Waals surface area contributed by atoms with Crippen LogP contribution in [-0.2, 0) is 5.60 Å². The molecule has 3 N–H and O–H groups in total. The van der Waals surface area contributed by atoms with Crippen LogP contribution in [0, 0.1) is 0 Å². The third-order valence-electron chi connectivity index (χ3n) is 3.33. The van der Waals surface area contributed by atoms with Crippen molar-refractivity contribution in [2.75, 3.05) is 6.54 Å². The molecule has 0 aliphatic rings. The first kappa shape index (κ1) is 16.8. The Balaban J connectivity index is 2.22. The van der Waals surface area contributed by atoms with Crippen molar-refractivity contribution in [2.45, 2.75) is 11.8 Å². The first-order valence-corrected chi connectivity index (χ1v) is 6.66. The first-order valence-electron chi connectivity index (χ1n) is 6.66. The van der Waals surface area contributed by atoms with Crippen molar-refractivity contribution in [2.24, 2.45) is 0 Å². The zero-order chi connectivity index (χ0) is 17.1. The van der Waals surface area contributed by atoms with Crippen molar-refractivity contribution in [3.05, 3.63) is 65.7 Å². The molecule has 2 rings (SSSR count). The number of aliphatic hydroxyl groups is 1. The summed E-state index contributed by atoms with van der Waals surface area (Å²) in [5, 5.41) is 21.4. The summed E-state index contributed by atoms with van der Waals surface area (Å²) in [5.41, 5.74) is -3.59. The van der Waals surface area contributed by atoms with Crippen LogP contribution in [0.4, 0.5) is 13.2 Å². The quantitative estimate of drug-likeness (QED) is 0.809. The lowest BCUT2D eigenvalue weighted by Crippen LogP contribution is -2.51. The van der Waals surface area contributed by atoms with Crippen LogP contribution in [0.3, 0.4) is 0 Å². The molecule has 122 valence electrons. The Bertz CT molecular complexity index is 688. The highest BCUT2D eigenvalue weighted by Crippen LogP contribution is 2.38. The lowest BCUT2D eigenvalue weighted by atomic mass is 9.93. The SMILES string of the molecule is O=C(NC[C@@](O)(c1ccccc1)C(F)(F)F)c1cccc(O)c1. The summed E-state index contributed by atoms with van der Waals surface area (Å²) < 4.78 is 39.8. The van der Waals surface area contributed by atoms with E-state index in [9.17, 15) is 28.2 Å². The normalized spacial score (nSPS) is 14.1. The van der Waals surface area contributed by atoms with Gasteiger partial charge in [0.1, 0.15) is 5.75 Å². The summed E-state index contributed by atoms with van der Waals surface area (Å²) in [6, 6.07) is 11.7. The summed E-state index contributed by atoms with van der Waals surface area (Å²) in [5.74, 6) is -1.02. The number of phenolic OH excluding ortho intramolecular Hbond substituents is 1. The van der Waals surface area contributed by atoms with Gasteiger partial charge in [0, 0.05) is 5.56 Å². The second-order valence-electron chi connectivity index (χ2n) is 4.96. The maximum atomic E-state index is 13.3. The molecule has 0 unspecified atom stereocenters. The molecule has 4 nitrogen and oxygen atoms in total. The van der Waals surface area contributed by atoms with Crippen LogP contribution in [0.5, 0.6) is 5.75 Å². The van der Waals surface area contributed by atoms with E-state index in [0.29, 0.717) is 0 Å². The second-order valence-corrected chi connectivity index (χ2v) is 4.96. The van der Waals surface area contributed by atoms with Gasteiger partial charge in [-0.3, -0.25) is 4.79 Å². The Kier molecular flexibility index (Phi) is 4.60. The molecule has 0 fully saturated rings. The van der Waals surface area contributed by atoms with Crippen molar-refractivity contribution in [3.8, 4) is 5.75 Å². The number of alkyl halides is 3. The maximum absolute atomic E-state index is 13.3. The fourth-order valence-corrected chi connectivity index (χ4v) is 2.04. The molecule has 0 saturated carbocycles. The van der Waals surface area contributed by atoms with E-state index >= 15 is 0 Å². The number of carbonyl (C=O) groups is 1. The predicted molar refractivity (Wildman–Crippen MR) is 76.8 cm³/mol. The lowest BCUT2D eigenvalue weighted by Gasteiger charge is -2.31. The van der Waals surface area contributed by atoms with Crippen molar-refractivity contribution >= 4 is 5.91 Å². The average Bonchev–Trinajstić information content (AvgIpc) is 2.52. The Hall–Kier alpha value is -2.54. The number of aromatic hydroxyl groups is 1. The summed E-state index contributed by atoms with van der Waals surface area (Å²) in [6.07, 6.45) is -4.97. The smallest absolute Gasteiger partial charge is 0.423 e. The topological polar surface area (TPSA) is 69.6 Å². The molecule has 0 heterocycles. The molecule has 0 bridgehead atoms. The van der Waals surface area contributed by atoms with E-state index in [1.807, 2.05) is 0 Å². The minimum absolute atomic E-state index is 0.0115. The number of benzene rings is 2. The number of carbonyl (C=O) groups excluding carboxylic acids is 1. The van der Waals surface area contributed by atoms with Crippen molar-refractivity contribution in [1.29, 1.82) is 0 Å². The Morgan fingerprint density at radius 2 is 1.70 bits per heavy atom. The van der Waals surface area contributed by atoms with Crippen LogP contribution in [0.25, 0.3) is 0 Å². The minimum Gasteiger partial charge on any atom is -0.508 e. The average molecular weight is 325 g/mol. The van der Waals surface area contributed by atoms with Crippen LogP contribution in [0.2, 0.25) is 0 Å². The minimum atomic E-state index is -4.97. The molecule has 0 aromatic heterocycles. The van der Waals surface area contributed by atoms with E-state index in [2.05, 4.69) is 5.32 Å². The van der Waals surface area contributed by atoms with E-state index in [4.69, 9.17) is 0 Å². The maximum Gasteiger partial charge on any atom is 0.423 e. The Morgan fingerprint density at radius 3 is 2.26 bits per heavy atom. The van der Waals surface area contributed by atoms with Gasteiger partial charge < -0.3 is 15.5 Å². The molecule has 0 aliphatic heterocycles. The van der Waals surface area contributed by atoms with Gasteiger partial charge in [-0.15, -0.1) is 0 Å². The van der Waals surface area contributed by atoms with Crippen molar-refractivity contribution < 1.29 is 28.2 Å². The first-order chi connectivity index (χ1) is 10.7. The van der Waals surface area contributed by atoms with E-state index in [1.165, 1.54) is 36.4 Å². The van der Waals surface area contributed by atoms with Crippen LogP contribution in [0.1, 0.15) is 15.9 Å². The zero-order valence-corrected chi connectivity index (χ0v) is 11.8. The van der Waals surface area contributed by atoms with Gasteiger partial charge in [0.15, 0.2) is 0 Å². The van der Waals surface area contributed by atoms with Gasteiger partial charge in [0.05, 0.1) is 6.54 Å². The molecular weight excluding hydrogens is 311 g/mol. The predicted octanol–water partition coefficient (Wildman–Crippen LogP) is 2.57. The summed E-state index contributed by atoms with van der Waals surface area (Å²) in [6.45, 7) is -1.05. The molecule has 2 aromatic rings. The number of hydrogen-bond donors (Lipinski definition) is 3. The molecule has 2 aromatic carbocycles. The van der Waals surface area contributed by atoms with Crippen LogP contribution in [-0.4, -0.2) is 28.8 Å². The zero-order valence-electron chi connectivity index (χ0n) is 11.8. The van der Waals surface area contributed by atoms with Crippen molar-refractivity contribution in [3.63, 3.8) is 0 Å². The Morgan fingerprint density at radius 1 is 1.04 bits per heavy atom. The Labute approximate surface area is 130 Å². The molecule has 1 atom stereocenters. The highest BCUT2D eigenvalue weighted by Gasteiger charge is 2.55. The van der Waals surface area contributed by atoms with Gasteiger partial charge in [-0.05, 0) is 23.8 Å². The molecule has 0 saturated heterocycles. The monoisotopic (exact) mass is 325 g/mol. The van der Waals surface area contributed by atoms with Gasteiger partial charge in [-0.25, -0.2) is 0 Å². The fourth-order valence-electron chi connectivity index (χ4n) is 2.04. The van der Waals surface area contributed by atoms with E-state index in [-0.39, 0.29) is 16.9 Å². The number of halogens is 3. The second kappa shape index (κ2) is 6.29. The molecule has 0 radical (unpaired) electrons. The van der Waals surface area contributed by atoms with Gasteiger partial charge >= 0.3 is 6.18 Å². The van der Waals surface area contributed by atoms with E-state index in [1.54, 1.807) is 0 Å². The van der Waals surface area contributed by atoms with Gasteiger partial charge in [0.2, 0.25) is 5.60 Å². The highest BCUT2D eigenvalue weighted by molar-refractivity contribution is 5.94. The van der Waals surface area contributed by atoms with Gasteiger partial charge in [0.25, 0.3) is 5.91 Å². The summed E-state index contributed by atoms with van der Waals surface area (Å²) in [7, 11) is 0. The number of rotatable bonds is 4. The van der Waals surface area contributed by atoms with Crippen LogP contribution < -0.4 is 5.32 Å². The largest absolute Gasteiger partial charge is 0.508 e. The number of nitrogens with one attached hydrogen (secondary N) is 1. The third kappa shape index (κ3) is 3.62. The number of hydrogen-bond acceptors (Lipinski definition) is 3. The number of amides is 1. The molecule has 0 aliphatic carbocycles. The van der Waals surface area contributed by atoms with Gasteiger partial charge in [-0.2, -0.15) is 13.2 Å². The van der Waals surface area contributed by atoms with Crippen molar-refractivity contribution in [1.82, 2.24) is 5.32 Å². The van der Waals surface area contributed by atoms with E-state index in [0.717, 1.165) is 18.2 Å². The van der Waals surface area contributed by atoms with Crippen LogP contribution >= 0.6 is 0 Å². The molecule has 23 heavy (non-hydrogen) atoms. The highest BCUT2D eigenvalue weighted by atomic mass is 19.4. The molecule has 0 spiro atoms. The summed E-state index contributed by atoms with van der Waals surface area (Å²) in [4.78, 5) is 11.9. The van der Waals surface area contributed by atoms with Gasteiger partial charge in [-0.1, -0.05) is 36.4 Å². The fraction of sp³-hybridized carbons (Fsp3) is 0.188. The molecule has 1 amide bonds. The lowest BCUT2D eigenvalue weighted by molar-refractivity contribution is -0.263. The van der Waals surface area contributed by atoms with Crippen LogP contribution in [0.15, 0.2) is 54.6 Å².